The van der Waals surface area contributed by atoms with Crippen LogP contribution in [0.2, 0.25) is 0 Å². The zero-order valence-corrected chi connectivity index (χ0v) is 11.7. The lowest BCUT2D eigenvalue weighted by molar-refractivity contribution is -0.139. The normalized spacial score (nSPS) is 22.1. The van der Waals surface area contributed by atoms with E-state index in [4.69, 9.17) is 9.47 Å². The van der Waals surface area contributed by atoms with Gasteiger partial charge in [0, 0.05) is 11.3 Å². The molecule has 1 saturated heterocycles. The molecular formula is C13H18O4S. The molecule has 0 amide bonds. The highest BCUT2D eigenvalue weighted by molar-refractivity contribution is 7.10. The molecule has 0 spiro atoms. The van der Waals surface area contributed by atoms with Crippen LogP contribution in [-0.4, -0.2) is 31.6 Å². The Morgan fingerprint density at radius 1 is 1.61 bits per heavy atom. The minimum absolute atomic E-state index is 0.0978. The molecular weight excluding hydrogens is 252 g/mol. The van der Waals surface area contributed by atoms with Gasteiger partial charge in [0.1, 0.15) is 0 Å². The topological polar surface area (TPSA) is 44.8 Å². The maximum absolute atomic E-state index is 11.2. The number of carbonyl (C=O) groups excluding carboxylic acids is 1. The molecule has 0 saturated carbocycles. The number of rotatable bonds is 4. The van der Waals surface area contributed by atoms with Crippen molar-refractivity contribution in [1.82, 2.24) is 0 Å². The third-order valence-corrected chi connectivity index (χ3v) is 3.77. The lowest BCUT2D eigenvalue weighted by atomic mass is 10.1. The summed E-state index contributed by atoms with van der Waals surface area (Å²) in [7, 11) is 1.41. The molecule has 0 radical (unpaired) electrons. The molecule has 18 heavy (non-hydrogen) atoms. The molecule has 1 aromatic heterocycles. The highest BCUT2D eigenvalue weighted by Crippen LogP contribution is 2.26. The first kappa shape index (κ1) is 13.5. The third-order valence-electron chi connectivity index (χ3n) is 2.78. The molecule has 4 nitrogen and oxygen atoms in total. The molecule has 0 aromatic carbocycles. The standard InChI is InChI=1S/C13H18O4S/c1-13(2)16-7-10(17-13)4-9-5-11(18-8-9)6-12(14)15-3/h5,8,10H,4,6-7H2,1-3H3. The smallest absolute Gasteiger partial charge is 0.310 e. The second kappa shape index (κ2) is 5.38. The lowest BCUT2D eigenvalue weighted by Crippen LogP contribution is -2.22. The van der Waals surface area contributed by atoms with Crippen LogP contribution in [0.25, 0.3) is 0 Å². The van der Waals surface area contributed by atoms with E-state index in [1.54, 1.807) is 11.3 Å². The largest absolute Gasteiger partial charge is 0.469 e. The summed E-state index contributed by atoms with van der Waals surface area (Å²) in [4.78, 5) is 12.2. The molecule has 5 heteroatoms. The van der Waals surface area contributed by atoms with Gasteiger partial charge in [-0.25, -0.2) is 0 Å². The summed E-state index contributed by atoms with van der Waals surface area (Å²) >= 11 is 1.58. The van der Waals surface area contributed by atoms with Crippen LogP contribution >= 0.6 is 11.3 Å². The summed E-state index contributed by atoms with van der Waals surface area (Å²) in [5.74, 6) is -0.680. The second-order valence-corrected chi connectivity index (χ2v) is 5.82. The van der Waals surface area contributed by atoms with E-state index in [1.165, 1.54) is 12.7 Å². The maximum atomic E-state index is 11.2. The number of carbonyl (C=O) groups is 1. The van der Waals surface area contributed by atoms with Gasteiger partial charge in [0.2, 0.25) is 0 Å². The summed E-state index contributed by atoms with van der Waals surface area (Å²) in [6, 6.07) is 2.04. The third kappa shape index (κ3) is 3.54. The van der Waals surface area contributed by atoms with E-state index in [0.29, 0.717) is 13.0 Å². The Hall–Kier alpha value is -0.910. The molecule has 2 heterocycles. The monoisotopic (exact) mass is 270 g/mol. The van der Waals surface area contributed by atoms with Gasteiger partial charge in [-0.15, -0.1) is 11.3 Å². The van der Waals surface area contributed by atoms with E-state index < -0.39 is 5.79 Å². The van der Waals surface area contributed by atoms with E-state index in [0.717, 1.165) is 11.3 Å². The maximum Gasteiger partial charge on any atom is 0.310 e. The lowest BCUT2D eigenvalue weighted by Gasteiger charge is -2.16. The minimum Gasteiger partial charge on any atom is -0.469 e. The van der Waals surface area contributed by atoms with E-state index in [9.17, 15) is 4.79 Å². The highest BCUT2D eigenvalue weighted by atomic mass is 32.1. The predicted molar refractivity (Wildman–Crippen MR) is 68.6 cm³/mol. The predicted octanol–water partition coefficient (Wildman–Crippen LogP) is 2.16. The number of hydrogen-bond acceptors (Lipinski definition) is 5. The SMILES string of the molecule is COC(=O)Cc1cc(CC2COC(C)(C)O2)cs1. The quantitative estimate of drug-likeness (QED) is 0.786. The van der Waals surface area contributed by atoms with Crippen LogP contribution in [0, 0.1) is 0 Å². The van der Waals surface area contributed by atoms with Crippen LogP contribution in [0.3, 0.4) is 0 Å². The average Bonchev–Trinajstić information content (AvgIpc) is 2.86. The first-order chi connectivity index (χ1) is 8.48. The number of ether oxygens (including phenoxy) is 3. The van der Waals surface area contributed by atoms with Gasteiger partial charge in [0.05, 0.1) is 26.2 Å². The van der Waals surface area contributed by atoms with Crippen molar-refractivity contribution in [3.05, 3.63) is 21.9 Å². The molecule has 2 rings (SSSR count). The van der Waals surface area contributed by atoms with Crippen molar-refractivity contribution in [2.75, 3.05) is 13.7 Å². The van der Waals surface area contributed by atoms with Crippen molar-refractivity contribution in [2.24, 2.45) is 0 Å². The summed E-state index contributed by atoms with van der Waals surface area (Å²) in [6.07, 6.45) is 1.26. The minimum atomic E-state index is -0.477. The number of hydrogen-bond donors (Lipinski definition) is 0. The Labute approximate surface area is 111 Å². The van der Waals surface area contributed by atoms with Crippen LogP contribution in [0.1, 0.15) is 24.3 Å². The molecule has 0 aliphatic carbocycles. The van der Waals surface area contributed by atoms with E-state index in [2.05, 4.69) is 10.1 Å². The van der Waals surface area contributed by atoms with Crippen LogP contribution in [-0.2, 0) is 31.8 Å². The van der Waals surface area contributed by atoms with Gasteiger partial charge < -0.3 is 14.2 Å². The van der Waals surface area contributed by atoms with Gasteiger partial charge in [-0.1, -0.05) is 0 Å². The second-order valence-electron chi connectivity index (χ2n) is 4.83. The first-order valence-corrected chi connectivity index (χ1v) is 6.81. The Bertz CT molecular complexity index is 424. The van der Waals surface area contributed by atoms with Crippen LogP contribution in [0.15, 0.2) is 11.4 Å². The van der Waals surface area contributed by atoms with Gasteiger partial charge in [-0.3, -0.25) is 4.79 Å². The molecule has 0 bridgehead atoms. The zero-order valence-electron chi connectivity index (χ0n) is 10.9. The Kier molecular flexibility index (Phi) is 4.04. The molecule has 100 valence electrons. The molecule has 1 atom stereocenters. The zero-order chi connectivity index (χ0) is 13.2. The fourth-order valence-electron chi connectivity index (χ4n) is 1.97. The molecule has 1 aromatic rings. The molecule has 1 aliphatic rings. The molecule has 1 unspecified atom stereocenters. The Morgan fingerprint density at radius 3 is 3.00 bits per heavy atom. The van der Waals surface area contributed by atoms with Gasteiger partial charge in [-0.2, -0.15) is 0 Å². The van der Waals surface area contributed by atoms with Crippen LogP contribution in [0.5, 0.6) is 0 Å². The van der Waals surface area contributed by atoms with Crippen molar-refractivity contribution in [2.45, 2.75) is 38.6 Å². The van der Waals surface area contributed by atoms with Crippen molar-refractivity contribution in [1.29, 1.82) is 0 Å². The van der Waals surface area contributed by atoms with E-state index in [1.807, 2.05) is 19.9 Å². The average molecular weight is 270 g/mol. The summed E-state index contributed by atoms with van der Waals surface area (Å²) < 4.78 is 15.9. The molecule has 0 N–H and O–H groups in total. The van der Waals surface area contributed by atoms with Crippen molar-refractivity contribution in [3.8, 4) is 0 Å². The van der Waals surface area contributed by atoms with Crippen molar-refractivity contribution in [3.63, 3.8) is 0 Å². The van der Waals surface area contributed by atoms with Gasteiger partial charge in [0.15, 0.2) is 5.79 Å². The summed E-state index contributed by atoms with van der Waals surface area (Å²) in [5.41, 5.74) is 1.19. The summed E-state index contributed by atoms with van der Waals surface area (Å²) in [6.45, 7) is 4.46. The number of methoxy groups -OCH3 is 1. The Morgan fingerprint density at radius 2 is 2.39 bits per heavy atom. The fraction of sp³-hybridized carbons (Fsp3) is 0.615. The fourth-order valence-corrected chi connectivity index (χ4v) is 2.85. The summed E-state index contributed by atoms with van der Waals surface area (Å²) in [5, 5.41) is 2.06. The molecule has 1 aliphatic heterocycles. The Balaban J connectivity index is 1.89. The van der Waals surface area contributed by atoms with Gasteiger partial charge in [-0.05, 0) is 30.9 Å². The van der Waals surface area contributed by atoms with Gasteiger partial charge in [0.25, 0.3) is 0 Å². The van der Waals surface area contributed by atoms with E-state index in [-0.39, 0.29) is 12.1 Å². The first-order valence-electron chi connectivity index (χ1n) is 5.93. The van der Waals surface area contributed by atoms with E-state index >= 15 is 0 Å². The number of esters is 1. The molecule has 1 fully saturated rings. The highest BCUT2D eigenvalue weighted by Gasteiger charge is 2.32. The van der Waals surface area contributed by atoms with Crippen LogP contribution in [0.4, 0.5) is 0 Å². The van der Waals surface area contributed by atoms with Crippen molar-refractivity contribution >= 4 is 17.3 Å². The van der Waals surface area contributed by atoms with Crippen LogP contribution < -0.4 is 0 Å². The van der Waals surface area contributed by atoms with Crippen molar-refractivity contribution < 1.29 is 19.0 Å². The number of thiophene rings is 1. The van der Waals surface area contributed by atoms with Gasteiger partial charge >= 0.3 is 5.97 Å².